The summed E-state index contributed by atoms with van der Waals surface area (Å²) < 4.78 is 0. The zero-order valence-electron chi connectivity index (χ0n) is 15.1. The third-order valence-corrected chi connectivity index (χ3v) is 3.33. The number of pyridine rings is 2. The largest absolute Gasteiger partial charge is 2.00 e. The van der Waals surface area contributed by atoms with Crippen molar-refractivity contribution in [3.63, 3.8) is 0 Å². The molecule has 0 aliphatic heterocycles. The molecule has 0 saturated carbocycles. The zero-order chi connectivity index (χ0) is 20.8. The minimum absolute atomic E-state index is 0. The summed E-state index contributed by atoms with van der Waals surface area (Å²) in [7, 11) is 0. The van der Waals surface area contributed by atoms with E-state index in [4.69, 9.17) is 22.3 Å². The third kappa shape index (κ3) is 8.68. The van der Waals surface area contributed by atoms with Crippen LogP contribution in [0.2, 0.25) is 0 Å². The Bertz CT molecular complexity index is 1010. The van der Waals surface area contributed by atoms with Crippen LogP contribution >= 0.6 is 24.4 Å². The van der Waals surface area contributed by atoms with Crippen LogP contribution in [0.3, 0.4) is 0 Å². The maximum Gasteiger partial charge on any atom is 2.00 e. The molecule has 145 valence electrons. The summed E-state index contributed by atoms with van der Waals surface area (Å²) >= 11 is 7.40. The van der Waals surface area contributed by atoms with Crippen LogP contribution in [-0.4, -0.2) is 20.3 Å². The number of nitrogens with two attached hydrogens (primary N) is 2. The Hall–Kier alpha value is -3.02. The summed E-state index contributed by atoms with van der Waals surface area (Å²) in [5.41, 5.74) is 14.6. The molecule has 0 aliphatic rings. The topological polar surface area (TPSA) is 122 Å². The van der Waals surface area contributed by atoms with Crippen LogP contribution in [0.1, 0.15) is 0 Å². The number of fused-ring (bicyclic) bond motifs is 2. The number of hydrogen-bond acceptors (Lipinski definition) is 6. The molecule has 0 spiro atoms. The molecule has 6 nitrogen and oxygen atoms in total. The molecule has 4 N–H and O–H groups in total. The SMILES string of the molecule is Nc1cccc2cccnc12.Nc1cccc2cccnc12.[Mn+2].[N-]=C=S.[N-]=C=S. The maximum absolute atomic E-state index is 7.13. The van der Waals surface area contributed by atoms with Crippen LogP contribution < -0.4 is 11.5 Å². The van der Waals surface area contributed by atoms with Crippen molar-refractivity contribution >= 4 is 67.9 Å². The van der Waals surface area contributed by atoms with Crippen molar-refractivity contribution in [3.8, 4) is 0 Å². The van der Waals surface area contributed by atoms with Gasteiger partial charge in [0.25, 0.3) is 0 Å². The average Bonchev–Trinajstić information content (AvgIpc) is 2.71. The molecule has 2 aromatic carbocycles. The smallest absolute Gasteiger partial charge is 0.753 e. The average molecular weight is 459 g/mol. The number of aromatic nitrogens is 2. The molecule has 2 heterocycles. The van der Waals surface area contributed by atoms with Gasteiger partial charge in [0.2, 0.25) is 0 Å². The number of anilines is 2. The summed E-state index contributed by atoms with van der Waals surface area (Å²) in [6.07, 6.45) is 3.50. The van der Waals surface area contributed by atoms with E-state index < -0.39 is 0 Å². The number of thiocarbonyl (C=S) groups is 2. The third-order valence-electron chi connectivity index (χ3n) is 3.33. The Morgan fingerprint density at radius 1 is 0.655 bits per heavy atom. The molecule has 4 rings (SSSR count). The number of rotatable bonds is 0. The van der Waals surface area contributed by atoms with Gasteiger partial charge in [-0.3, -0.25) is 9.97 Å². The van der Waals surface area contributed by atoms with E-state index in [0.29, 0.717) is 0 Å². The van der Waals surface area contributed by atoms with Gasteiger partial charge in [-0.05, 0) is 24.3 Å². The van der Waals surface area contributed by atoms with E-state index in [2.05, 4.69) is 34.4 Å². The van der Waals surface area contributed by atoms with Gasteiger partial charge < -0.3 is 22.3 Å². The molecule has 9 heteroatoms. The second kappa shape index (κ2) is 15.0. The molecule has 0 bridgehead atoms. The van der Waals surface area contributed by atoms with Crippen LogP contribution in [0, 0.1) is 0 Å². The molecule has 29 heavy (non-hydrogen) atoms. The summed E-state index contributed by atoms with van der Waals surface area (Å²) in [6, 6.07) is 19.4. The molecule has 0 fully saturated rings. The normalized spacial score (nSPS) is 8.28. The van der Waals surface area contributed by atoms with Gasteiger partial charge in [0.1, 0.15) is 0 Å². The quantitative estimate of drug-likeness (QED) is 0.166. The molecular formula is C20H16MnN6S2. The Morgan fingerprint density at radius 3 is 1.28 bits per heavy atom. The number of isothiocyanates is 2. The van der Waals surface area contributed by atoms with Gasteiger partial charge in [-0.1, -0.05) is 60.8 Å². The van der Waals surface area contributed by atoms with E-state index in [1.807, 2.05) is 60.7 Å². The van der Waals surface area contributed by atoms with Crippen molar-refractivity contribution in [2.45, 2.75) is 0 Å². The van der Waals surface area contributed by atoms with E-state index in [9.17, 15) is 0 Å². The first-order chi connectivity index (χ1) is 13.6. The van der Waals surface area contributed by atoms with Crippen LogP contribution in [0.4, 0.5) is 11.4 Å². The number of benzene rings is 2. The van der Waals surface area contributed by atoms with E-state index in [1.54, 1.807) is 12.4 Å². The molecule has 0 saturated heterocycles. The van der Waals surface area contributed by atoms with E-state index >= 15 is 0 Å². The Kier molecular flexibility index (Phi) is 13.4. The number of nitrogen functional groups attached to an aromatic ring is 2. The number of para-hydroxylation sites is 2. The Labute approximate surface area is 189 Å². The fourth-order valence-corrected chi connectivity index (χ4v) is 2.26. The molecular weight excluding hydrogens is 443 g/mol. The van der Waals surface area contributed by atoms with Gasteiger partial charge in [0.15, 0.2) is 0 Å². The van der Waals surface area contributed by atoms with Gasteiger partial charge in [0.05, 0.1) is 22.4 Å². The van der Waals surface area contributed by atoms with Crippen molar-refractivity contribution in [3.05, 3.63) is 83.9 Å². The Balaban J connectivity index is 0.000000416. The van der Waals surface area contributed by atoms with Gasteiger partial charge in [-0.2, -0.15) is 10.3 Å². The second-order valence-corrected chi connectivity index (χ2v) is 5.39. The summed E-state index contributed by atoms with van der Waals surface area (Å²) in [5.74, 6) is 0. The van der Waals surface area contributed by atoms with Crippen LogP contribution in [0.5, 0.6) is 0 Å². The van der Waals surface area contributed by atoms with Crippen molar-refractivity contribution in [2.75, 3.05) is 11.5 Å². The standard InChI is InChI=1S/2C9H8N2.2CNS.Mn/c2*10-8-5-1-3-7-4-2-6-11-9(7)8;2*2-1-3;/h2*1-6H,10H2;;;/q;;2*-1;+2. The van der Waals surface area contributed by atoms with Gasteiger partial charge in [-0.25, -0.2) is 0 Å². The Morgan fingerprint density at radius 2 is 0.966 bits per heavy atom. The van der Waals surface area contributed by atoms with E-state index in [0.717, 1.165) is 33.2 Å². The number of nitrogens with zero attached hydrogens (tertiary/aromatic N) is 4. The monoisotopic (exact) mass is 459 g/mol. The summed E-state index contributed by atoms with van der Waals surface area (Å²) in [4.78, 5) is 8.31. The fourth-order valence-electron chi connectivity index (χ4n) is 2.26. The summed E-state index contributed by atoms with van der Waals surface area (Å²) in [5, 5.41) is 19.1. The predicted octanol–water partition coefficient (Wildman–Crippen LogP) is 4.95. The molecule has 0 atom stereocenters. The molecule has 1 radical (unpaired) electrons. The minimum Gasteiger partial charge on any atom is -0.753 e. The van der Waals surface area contributed by atoms with Gasteiger partial charge in [0, 0.05) is 23.2 Å². The van der Waals surface area contributed by atoms with Crippen molar-refractivity contribution in [2.24, 2.45) is 0 Å². The molecule has 4 aromatic rings. The molecule has 2 aromatic heterocycles. The van der Waals surface area contributed by atoms with Crippen LogP contribution in [0.25, 0.3) is 32.6 Å². The molecule has 0 unspecified atom stereocenters. The molecule has 0 amide bonds. The van der Waals surface area contributed by atoms with Gasteiger partial charge in [-0.15, -0.1) is 0 Å². The maximum atomic E-state index is 7.13. The first-order valence-corrected chi connectivity index (χ1v) is 8.61. The second-order valence-electron chi connectivity index (χ2n) is 5.03. The van der Waals surface area contributed by atoms with Crippen molar-refractivity contribution in [1.82, 2.24) is 9.97 Å². The van der Waals surface area contributed by atoms with E-state index in [1.165, 1.54) is 10.3 Å². The van der Waals surface area contributed by atoms with Crippen LogP contribution in [0.15, 0.2) is 73.1 Å². The number of hydrogen-bond donors (Lipinski definition) is 2. The van der Waals surface area contributed by atoms with Crippen LogP contribution in [-0.2, 0) is 17.1 Å². The first-order valence-electron chi connectivity index (χ1n) is 7.80. The van der Waals surface area contributed by atoms with Gasteiger partial charge >= 0.3 is 17.1 Å². The fraction of sp³-hybridized carbons (Fsp3) is 0. The van der Waals surface area contributed by atoms with Crippen molar-refractivity contribution in [1.29, 1.82) is 0 Å². The predicted molar refractivity (Wildman–Crippen MR) is 124 cm³/mol. The summed E-state index contributed by atoms with van der Waals surface area (Å²) in [6.45, 7) is 0. The first kappa shape index (κ1) is 26.0. The molecule has 0 aliphatic carbocycles. The minimum atomic E-state index is 0. The van der Waals surface area contributed by atoms with Crippen molar-refractivity contribution < 1.29 is 17.1 Å². The van der Waals surface area contributed by atoms with E-state index in [-0.39, 0.29) is 17.1 Å². The zero-order valence-corrected chi connectivity index (χ0v) is 17.9.